The molecule has 2 saturated heterocycles. The van der Waals surface area contributed by atoms with Crippen molar-refractivity contribution in [3.05, 3.63) is 28.3 Å². The molecule has 9 heteroatoms. The lowest BCUT2D eigenvalue weighted by Crippen LogP contribution is -2.40. The first-order valence-corrected chi connectivity index (χ1v) is 9.08. The quantitative estimate of drug-likeness (QED) is 0.613. The molecule has 1 aromatic rings. The maximum Gasteiger partial charge on any atom is 0.293 e. The average molecular weight is 340 g/mol. The lowest BCUT2D eigenvalue weighted by Gasteiger charge is -2.35. The summed E-state index contributed by atoms with van der Waals surface area (Å²) >= 11 is 0. The number of sulfonamides is 1. The summed E-state index contributed by atoms with van der Waals surface area (Å²) in [7, 11) is -2.41. The van der Waals surface area contributed by atoms with Gasteiger partial charge in [-0.1, -0.05) is 0 Å². The number of rotatable bonds is 4. The van der Waals surface area contributed by atoms with Crippen molar-refractivity contribution in [1.29, 1.82) is 0 Å². The van der Waals surface area contributed by atoms with Gasteiger partial charge >= 0.3 is 0 Å². The van der Waals surface area contributed by atoms with Gasteiger partial charge in [-0.25, -0.2) is 13.1 Å². The Balaban J connectivity index is 1.94. The van der Waals surface area contributed by atoms with Crippen LogP contribution in [0, 0.1) is 22.0 Å². The number of fused-ring (bicyclic) bond motifs is 1. The van der Waals surface area contributed by atoms with E-state index in [1.54, 1.807) is 6.07 Å². The normalized spacial score (nSPS) is 24.5. The van der Waals surface area contributed by atoms with Gasteiger partial charge in [-0.3, -0.25) is 10.1 Å². The van der Waals surface area contributed by atoms with Gasteiger partial charge < -0.3 is 10.2 Å². The highest BCUT2D eigenvalue weighted by Gasteiger charge is 2.35. The molecule has 0 amide bonds. The van der Waals surface area contributed by atoms with Crippen LogP contribution in [0.1, 0.15) is 6.42 Å². The number of piperidine rings is 1. The predicted octanol–water partition coefficient (Wildman–Crippen LogP) is 0.549. The number of nitrogens with one attached hydrogen (secondary N) is 2. The van der Waals surface area contributed by atoms with E-state index in [1.807, 2.05) is 4.90 Å². The molecule has 0 aliphatic carbocycles. The number of anilines is 1. The molecule has 0 saturated carbocycles. The van der Waals surface area contributed by atoms with Crippen molar-refractivity contribution in [2.24, 2.45) is 11.8 Å². The van der Waals surface area contributed by atoms with E-state index in [1.165, 1.54) is 13.1 Å². The smallest absolute Gasteiger partial charge is 0.293 e. The van der Waals surface area contributed by atoms with Crippen LogP contribution in [-0.4, -0.2) is 46.6 Å². The minimum atomic E-state index is -3.70. The zero-order chi connectivity index (χ0) is 16.6. The number of nitro groups is 1. The number of hydrogen-bond donors (Lipinski definition) is 2. The van der Waals surface area contributed by atoms with E-state index in [9.17, 15) is 18.5 Å². The van der Waals surface area contributed by atoms with Crippen LogP contribution in [0.5, 0.6) is 0 Å². The molecule has 126 valence electrons. The van der Waals surface area contributed by atoms with Gasteiger partial charge in [0.25, 0.3) is 5.69 Å². The molecule has 0 spiro atoms. The number of benzene rings is 1. The van der Waals surface area contributed by atoms with Crippen LogP contribution in [0.25, 0.3) is 0 Å². The van der Waals surface area contributed by atoms with Crippen LogP contribution in [0.2, 0.25) is 0 Å². The minimum absolute atomic E-state index is 0.0899. The Labute approximate surface area is 135 Å². The zero-order valence-electron chi connectivity index (χ0n) is 12.9. The summed E-state index contributed by atoms with van der Waals surface area (Å²) in [5.74, 6) is 1.12. The van der Waals surface area contributed by atoms with Crippen LogP contribution in [0.3, 0.4) is 0 Å². The second-order valence-corrected chi connectivity index (χ2v) is 7.91. The van der Waals surface area contributed by atoms with Gasteiger partial charge in [0.05, 0.1) is 9.82 Å². The Hall–Kier alpha value is -1.71. The average Bonchev–Trinajstić information content (AvgIpc) is 3.01. The van der Waals surface area contributed by atoms with Crippen molar-refractivity contribution in [2.45, 2.75) is 11.3 Å². The van der Waals surface area contributed by atoms with E-state index in [0.717, 1.165) is 38.7 Å². The van der Waals surface area contributed by atoms with Crippen molar-refractivity contribution in [1.82, 2.24) is 10.0 Å². The van der Waals surface area contributed by atoms with E-state index in [0.29, 0.717) is 17.5 Å². The Morgan fingerprint density at radius 1 is 1.35 bits per heavy atom. The molecule has 2 fully saturated rings. The minimum Gasteiger partial charge on any atom is -0.366 e. The summed E-state index contributed by atoms with van der Waals surface area (Å²) in [4.78, 5) is 12.8. The molecule has 2 unspecified atom stereocenters. The molecule has 2 aliphatic heterocycles. The van der Waals surface area contributed by atoms with E-state index >= 15 is 0 Å². The van der Waals surface area contributed by atoms with Crippen molar-refractivity contribution in [3.63, 3.8) is 0 Å². The number of nitrogens with zero attached hydrogens (tertiary/aromatic N) is 2. The molecule has 2 N–H and O–H groups in total. The third-order valence-electron chi connectivity index (χ3n) is 4.77. The number of nitro benzene ring substituents is 1. The van der Waals surface area contributed by atoms with Gasteiger partial charge in [-0.15, -0.1) is 0 Å². The highest BCUT2D eigenvalue weighted by molar-refractivity contribution is 7.89. The molecular formula is C14H20N4O4S. The van der Waals surface area contributed by atoms with E-state index in [4.69, 9.17) is 0 Å². The van der Waals surface area contributed by atoms with E-state index < -0.39 is 14.9 Å². The van der Waals surface area contributed by atoms with Crippen molar-refractivity contribution >= 4 is 21.4 Å². The van der Waals surface area contributed by atoms with Gasteiger partial charge in [-0.05, 0) is 50.5 Å². The fourth-order valence-electron chi connectivity index (χ4n) is 3.46. The summed E-state index contributed by atoms with van der Waals surface area (Å²) in [5, 5.41) is 14.8. The Bertz CT molecular complexity index is 721. The summed E-state index contributed by atoms with van der Waals surface area (Å²) in [6.45, 7) is 3.46. The Morgan fingerprint density at radius 3 is 2.78 bits per heavy atom. The van der Waals surface area contributed by atoms with Gasteiger partial charge in [0.1, 0.15) is 5.69 Å². The van der Waals surface area contributed by atoms with Crippen LogP contribution >= 0.6 is 0 Å². The monoisotopic (exact) mass is 340 g/mol. The van der Waals surface area contributed by atoms with Crippen molar-refractivity contribution in [2.75, 3.05) is 38.1 Å². The standard InChI is InChI=1S/C14H20N4O4S/c1-15-23(21,22)12-2-3-13(14(6-12)18(19)20)17-5-4-10-7-16-8-11(10)9-17/h2-3,6,10-11,15-16H,4-5,7-9H2,1H3. The first-order valence-electron chi connectivity index (χ1n) is 7.60. The third kappa shape index (κ3) is 3.04. The highest BCUT2D eigenvalue weighted by Crippen LogP contribution is 2.35. The molecule has 2 aliphatic rings. The van der Waals surface area contributed by atoms with Crippen LogP contribution in [0.15, 0.2) is 23.1 Å². The van der Waals surface area contributed by atoms with Crippen LogP contribution in [0.4, 0.5) is 11.4 Å². The molecule has 23 heavy (non-hydrogen) atoms. The SMILES string of the molecule is CNS(=O)(=O)c1ccc(N2CCC3CNCC3C2)c([N+](=O)[O-])c1. The molecule has 0 bridgehead atoms. The summed E-state index contributed by atoms with van der Waals surface area (Å²) < 4.78 is 25.9. The summed E-state index contributed by atoms with van der Waals surface area (Å²) in [5.41, 5.74) is 0.334. The Kier molecular flexibility index (Phi) is 4.26. The number of hydrogen-bond acceptors (Lipinski definition) is 6. The molecule has 2 heterocycles. The molecule has 3 rings (SSSR count). The second-order valence-electron chi connectivity index (χ2n) is 6.03. The third-order valence-corrected chi connectivity index (χ3v) is 6.18. The van der Waals surface area contributed by atoms with Crippen LogP contribution in [-0.2, 0) is 10.0 Å². The molecule has 8 nitrogen and oxygen atoms in total. The van der Waals surface area contributed by atoms with Gasteiger partial charge in [0, 0.05) is 19.2 Å². The maximum absolute atomic E-state index is 11.9. The van der Waals surface area contributed by atoms with E-state index in [-0.39, 0.29) is 10.6 Å². The highest BCUT2D eigenvalue weighted by atomic mass is 32.2. The largest absolute Gasteiger partial charge is 0.366 e. The first kappa shape index (κ1) is 16.2. The topological polar surface area (TPSA) is 105 Å². The van der Waals surface area contributed by atoms with Gasteiger partial charge in [0.2, 0.25) is 10.0 Å². The first-order chi connectivity index (χ1) is 10.9. The van der Waals surface area contributed by atoms with Crippen LogP contribution < -0.4 is 14.9 Å². The molecule has 1 aromatic carbocycles. The fourth-order valence-corrected chi connectivity index (χ4v) is 4.21. The van der Waals surface area contributed by atoms with Gasteiger partial charge in [-0.2, -0.15) is 0 Å². The summed E-state index contributed by atoms with van der Waals surface area (Å²) in [6.07, 6.45) is 0.991. The maximum atomic E-state index is 11.9. The zero-order valence-corrected chi connectivity index (χ0v) is 13.7. The Morgan fingerprint density at radius 2 is 2.09 bits per heavy atom. The molecule has 0 aromatic heterocycles. The molecule has 0 radical (unpaired) electrons. The van der Waals surface area contributed by atoms with Crippen molar-refractivity contribution in [3.8, 4) is 0 Å². The fraction of sp³-hybridized carbons (Fsp3) is 0.571. The summed E-state index contributed by atoms with van der Waals surface area (Å²) in [6, 6.07) is 4.11. The lowest BCUT2D eigenvalue weighted by molar-refractivity contribution is -0.384. The van der Waals surface area contributed by atoms with Gasteiger partial charge in [0.15, 0.2) is 0 Å². The van der Waals surface area contributed by atoms with Crippen molar-refractivity contribution < 1.29 is 13.3 Å². The van der Waals surface area contributed by atoms with E-state index in [2.05, 4.69) is 10.0 Å². The predicted molar refractivity (Wildman–Crippen MR) is 86.0 cm³/mol. The molecular weight excluding hydrogens is 320 g/mol. The second kappa shape index (κ2) is 6.06. The lowest BCUT2D eigenvalue weighted by atomic mass is 9.88. The molecule has 2 atom stereocenters.